The number of methoxy groups -OCH3 is 1. The third-order valence-corrected chi connectivity index (χ3v) is 4.02. The van der Waals surface area contributed by atoms with E-state index in [4.69, 9.17) is 4.74 Å². The van der Waals surface area contributed by atoms with Gasteiger partial charge in [0.25, 0.3) is 0 Å². The number of ether oxygens (including phenoxy) is 1. The lowest BCUT2D eigenvalue weighted by molar-refractivity contribution is -0.146. The van der Waals surface area contributed by atoms with E-state index in [1.54, 1.807) is 0 Å². The fourth-order valence-corrected chi connectivity index (χ4v) is 2.77. The molecule has 1 fully saturated rings. The van der Waals surface area contributed by atoms with Gasteiger partial charge in [-0.05, 0) is 32.3 Å². The summed E-state index contributed by atoms with van der Waals surface area (Å²) in [7, 11) is 1.46. The normalized spacial score (nSPS) is 16.5. The number of carbonyl (C=O) groups is 1. The zero-order valence-electron chi connectivity index (χ0n) is 14.3. The molecule has 7 nitrogen and oxygen atoms in total. The van der Waals surface area contributed by atoms with E-state index >= 15 is 0 Å². The van der Waals surface area contributed by atoms with Crippen molar-refractivity contribution in [1.82, 2.24) is 20.0 Å². The van der Waals surface area contributed by atoms with Gasteiger partial charge in [0.15, 0.2) is 5.96 Å². The van der Waals surface area contributed by atoms with Crippen molar-refractivity contribution in [3.63, 3.8) is 0 Å². The second-order valence-corrected chi connectivity index (χ2v) is 5.80. The Hall–Kier alpha value is -2.05. The summed E-state index contributed by atoms with van der Waals surface area (Å²) >= 11 is 0. The summed E-state index contributed by atoms with van der Waals surface area (Å²) in [5, 5.41) is 7.60. The van der Waals surface area contributed by atoms with Crippen LogP contribution in [-0.2, 0) is 16.1 Å². The number of aryl methyl sites for hydroxylation is 1. The lowest BCUT2D eigenvalue weighted by Gasteiger charge is -2.33. The van der Waals surface area contributed by atoms with E-state index in [0.717, 1.165) is 50.5 Å². The van der Waals surface area contributed by atoms with Crippen molar-refractivity contribution in [3.05, 3.63) is 18.0 Å². The van der Waals surface area contributed by atoms with Gasteiger partial charge in [-0.15, -0.1) is 0 Å². The molecular formula is C16H27N5O2. The molecule has 0 bridgehead atoms. The summed E-state index contributed by atoms with van der Waals surface area (Å²) in [6.45, 7) is 8.02. The number of aliphatic imine (C=N–C) groups is 1. The van der Waals surface area contributed by atoms with Gasteiger partial charge in [0.05, 0.1) is 32.3 Å². The Bertz CT molecular complexity index is 532. The highest BCUT2D eigenvalue weighted by Crippen LogP contribution is 2.18. The molecule has 2 heterocycles. The van der Waals surface area contributed by atoms with Crippen molar-refractivity contribution in [1.29, 1.82) is 0 Å². The molecular weight excluding hydrogens is 294 g/mol. The van der Waals surface area contributed by atoms with Crippen LogP contribution in [-0.4, -0.2) is 59.9 Å². The quantitative estimate of drug-likeness (QED) is 0.498. The molecule has 0 amide bonds. The molecule has 0 atom stereocenters. The van der Waals surface area contributed by atoms with Crippen molar-refractivity contribution < 1.29 is 9.53 Å². The number of piperidine rings is 1. The van der Waals surface area contributed by atoms with Crippen LogP contribution in [0.1, 0.15) is 25.3 Å². The molecule has 0 radical (unpaired) electrons. The number of rotatable bonds is 5. The number of nitrogens with zero attached hydrogens (tertiary/aromatic N) is 4. The average Bonchev–Trinajstić information content (AvgIpc) is 2.99. The third-order valence-electron chi connectivity index (χ3n) is 4.02. The number of hydrogen-bond acceptors (Lipinski definition) is 4. The van der Waals surface area contributed by atoms with Gasteiger partial charge >= 0.3 is 5.97 Å². The maximum Gasteiger partial charge on any atom is 0.308 e. The van der Waals surface area contributed by atoms with Gasteiger partial charge in [-0.3, -0.25) is 14.5 Å². The van der Waals surface area contributed by atoms with Crippen LogP contribution >= 0.6 is 0 Å². The van der Waals surface area contributed by atoms with Crippen LogP contribution in [0.5, 0.6) is 0 Å². The van der Waals surface area contributed by atoms with Gasteiger partial charge in [-0.25, -0.2) is 0 Å². The zero-order valence-corrected chi connectivity index (χ0v) is 14.3. The van der Waals surface area contributed by atoms with E-state index in [0.29, 0.717) is 6.54 Å². The third kappa shape index (κ3) is 4.97. The highest BCUT2D eigenvalue weighted by atomic mass is 16.5. The van der Waals surface area contributed by atoms with E-state index in [1.807, 2.05) is 24.0 Å². The Morgan fingerprint density at radius 3 is 2.78 bits per heavy atom. The first kappa shape index (κ1) is 17.3. The minimum atomic E-state index is -0.0966. The Morgan fingerprint density at radius 2 is 2.22 bits per heavy atom. The van der Waals surface area contributed by atoms with E-state index in [9.17, 15) is 4.79 Å². The minimum absolute atomic E-state index is 0.0196. The van der Waals surface area contributed by atoms with Crippen LogP contribution < -0.4 is 5.32 Å². The van der Waals surface area contributed by atoms with Crippen molar-refractivity contribution in [2.45, 2.75) is 33.2 Å². The van der Waals surface area contributed by atoms with E-state index in [1.165, 1.54) is 7.11 Å². The standard InChI is InChI=1S/C16H27N5O2/c1-4-17-16(18-7-10-21-12-13(2)11-19-21)20-8-5-14(6-9-20)15(22)23-3/h11-12,14H,4-10H2,1-3H3,(H,17,18). The van der Waals surface area contributed by atoms with Gasteiger partial charge in [-0.2, -0.15) is 5.10 Å². The van der Waals surface area contributed by atoms with Crippen molar-refractivity contribution in [2.24, 2.45) is 10.9 Å². The van der Waals surface area contributed by atoms with Crippen LogP contribution in [0.4, 0.5) is 0 Å². The first-order valence-corrected chi connectivity index (χ1v) is 8.24. The predicted molar refractivity (Wildman–Crippen MR) is 89.3 cm³/mol. The molecule has 23 heavy (non-hydrogen) atoms. The summed E-state index contributed by atoms with van der Waals surface area (Å²) in [6, 6.07) is 0. The molecule has 2 rings (SSSR count). The second-order valence-electron chi connectivity index (χ2n) is 5.80. The Labute approximate surface area is 137 Å². The van der Waals surface area contributed by atoms with Gasteiger partial charge in [0.1, 0.15) is 0 Å². The molecule has 7 heteroatoms. The summed E-state index contributed by atoms with van der Waals surface area (Å²) < 4.78 is 6.74. The molecule has 1 aliphatic heterocycles. The molecule has 1 aromatic rings. The van der Waals surface area contributed by atoms with Gasteiger partial charge in [0.2, 0.25) is 0 Å². The summed E-state index contributed by atoms with van der Waals surface area (Å²) in [5.74, 6) is 0.839. The smallest absolute Gasteiger partial charge is 0.308 e. The lowest BCUT2D eigenvalue weighted by Crippen LogP contribution is -2.46. The molecule has 1 saturated heterocycles. The molecule has 1 aromatic heterocycles. The number of esters is 1. The van der Waals surface area contributed by atoms with Crippen LogP contribution in [0.25, 0.3) is 0 Å². The number of hydrogen-bond donors (Lipinski definition) is 1. The van der Waals surface area contributed by atoms with Gasteiger partial charge in [0, 0.05) is 25.8 Å². The van der Waals surface area contributed by atoms with Gasteiger partial charge < -0.3 is 15.0 Å². The SMILES string of the molecule is CCNC(=NCCn1cc(C)cn1)N1CCC(C(=O)OC)CC1. The first-order valence-electron chi connectivity index (χ1n) is 8.24. The molecule has 0 aromatic carbocycles. The Morgan fingerprint density at radius 1 is 1.48 bits per heavy atom. The molecule has 0 saturated carbocycles. The molecule has 0 unspecified atom stereocenters. The molecule has 128 valence electrons. The summed E-state index contributed by atoms with van der Waals surface area (Å²) in [4.78, 5) is 18.5. The van der Waals surface area contributed by atoms with Gasteiger partial charge in [-0.1, -0.05) is 0 Å². The number of aromatic nitrogens is 2. The average molecular weight is 321 g/mol. The largest absolute Gasteiger partial charge is 0.469 e. The summed E-state index contributed by atoms with van der Waals surface area (Å²) in [6.07, 6.45) is 5.50. The first-order chi connectivity index (χ1) is 11.1. The van der Waals surface area contributed by atoms with E-state index < -0.39 is 0 Å². The van der Waals surface area contributed by atoms with Crippen LogP contribution in [0.3, 0.4) is 0 Å². The maximum atomic E-state index is 11.6. The van der Waals surface area contributed by atoms with Crippen molar-refractivity contribution in [3.8, 4) is 0 Å². The fraction of sp³-hybridized carbons (Fsp3) is 0.688. The lowest BCUT2D eigenvalue weighted by atomic mass is 9.97. The van der Waals surface area contributed by atoms with Crippen LogP contribution in [0.2, 0.25) is 0 Å². The Kier molecular flexibility index (Phi) is 6.43. The monoisotopic (exact) mass is 321 g/mol. The fourth-order valence-electron chi connectivity index (χ4n) is 2.77. The van der Waals surface area contributed by atoms with Crippen LogP contribution in [0.15, 0.2) is 17.4 Å². The van der Waals surface area contributed by atoms with Crippen molar-refractivity contribution in [2.75, 3.05) is 33.3 Å². The topological polar surface area (TPSA) is 71.8 Å². The Balaban J connectivity index is 1.88. The summed E-state index contributed by atoms with van der Waals surface area (Å²) in [5.41, 5.74) is 1.16. The maximum absolute atomic E-state index is 11.6. The highest BCUT2D eigenvalue weighted by molar-refractivity contribution is 5.80. The zero-order chi connectivity index (χ0) is 16.7. The number of guanidine groups is 1. The highest BCUT2D eigenvalue weighted by Gasteiger charge is 2.26. The van der Waals surface area contributed by atoms with Crippen molar-refractivity contribution >= 4 is 11.9 Å². The molecule has 1 aliphatic rings. The number of nitrogens with one attached hydrogen (secondary N) is 1. The molecule has 0 aliphatic carbocycles. The number of carbonyl (C=O) groups excluding carboxylic acids is 1. The van der Waals surface area contributed by atoms with E-state index in [-0.39, 0.29) is 11.9 Å². The second kappa shape index (κ2) is 8.55. The minimum Gasteiger partial charge on any atom is -0.469 e. The molecule has 0 spiro atoms. The van der Waals surface area contributed by atoms with E-state index in [2.05, 4.69) is 27.2 Å². The molecule has 1 N–H and O–H groups in total. The number of likely N-dealkylation sites (tertiary alicyclic amines) is 1. The van der Waals surface area contributed by atoms with Crippen LogP contribution in [0, 0.1) is 12.8 Å². The predicted octanol–water partition coefficient (Wildman–Crippen LogP) is 1.04.